The van der Waals surface area contributed by atoms with Crippen LogP contribution in [0, 0.1) is 12.8 Å². The minimum absolute atomic E-state index is 0.0227. The van der Waals surface area contributed by atoms with Gasteiger partial charge in [-0.05, 0) is 57.4 Å². The van der Waals surface area contributed by atoms with Crippen molar-refractivity contribution in [2.24, 2.45) is 5.92 Å². The van der Waals surface area contributed by atoms with E-state index < -0.39 is 0 Å². The van der Waals surface area contributed by atoms with Gasteiger partial charge in [0, 0.05) is 44.3 Å². The van der Waals surface area contributed by atoms with Crippen molar-refractivity contribution in [1.82, 2.24) is 24.8 Å². The molecule has 2 aliphatic heterocycles. The Labute approximate surface area is 185 Å². The number of imidazole rings is 1. The number of aromatic nitrogens is 3. The summed E-state index contributed by atoms with van der Waals surface area (Å²) < 4.78 is 2.25. The van der Waals surface area contributed by atoms with Gasteiger partial charge in [-0.15, -0.1) is 0 Å². The highest BCUT2D eigenvalue weighted by atomic mass is 16.1. The van der Waals surface area contributed by atoms with E-state index in [9.17, 15) is 4.79 Å². The lowest BCUT2D eigenvalue weighted by atomic mass is 9.88. The number of amides is 1. The number of hydrogen-bond donors (Lipinski definition) is 1. The molecular formula is C25H37N5O. The topological polar surface area (TPSA) is 63.1 Å². The van der Waals surface area contributed by atoms with E-state index in [1.54, 1.807) is 0 Å². The normalized spacial score (nSPS) is 21.7. The van der Waals surface area contributed by atoms with E-state index in [-0.39, 0.29) is 11.9 Å². The third-order valence-electron chi connectivity index (χ3n) is 7.60. The van der Waals surface area contributed by atoms with Crippen LogP contribution in [0.15, 0.2) is 6.07 Å². The molecule has 0 aromatic carbocycles. The SMILES string of the molecule is Cc1cc(C(=O)NC2CCN(CC3CCCCC3)CC2)c2nc3n(c2n1)CCCCC3. The fourth-order valence-corrected chi connectivity index (χ4v) is 5.85. The first-order valence-electron chi connectivity index (χ1n) is 12.6. The summed E-state index contributed by atoms with van der Waals surface area (Å²) in [7, 11) is 0. The molecule has 1 N–H and O–H groups in total. The first kappa shape index (κ1) is 20.9. The molecule has 0 radical (unpaired) electrons. The highest BCUT2D eigenvalue weighted by Crippen LogP contribution is 2.26. The van der Waals surface area contributed by atoms with E-state index in [1.165, 1.54) is 51.5 Å². The summed E-state index contributed by atoms with van der Waals surface area (Å²) in [6.45, 7) is 6.40. The Morgan fingerprint density at radius 1 is 1.00 bits per heavy atom. The van der Waals surface area contributed by atoms with Crippen molar-refractivity contribution in [3.8, 4) is 0 Å². The number of carbonyl (C=O) groups excluding carboxylic acids is 1. The third kappa shape index (κ3) is 4.64. The summed E-state index contributed by atoms with van der Waals surface area (Å²) in [4.78, 5) is 25.5. The van der Waals surface area contributed by atoms with Gasteiger partial charge in [0.2, 0.25) is 0 Å². The number of pyridine rings is 1. The number of aryl methyl sites for hydroxylation is 3. The number of fused-ring (bicyclic) bond motifs is 3. The van der Waals surface area contributed by atoms with Crippen molar-refractivity contribution in [3.05, 3.63) is 23.1 Å². The smallest absolute Gasteiger partial charge is 0.253 e. The van der Waals surface area contributed by atoms with Gasteiger partial charge < -0.3 is 14.8 Å². The van der Waals surface area contributed by atoms with Gasteiger partial charge in [-0.3, -0.25) is 4.79 Å². The molecule has 6 heteroatoms. The van der Waals surface area contributed by atoms with Crippen LogP contribution in [0.2, 0.25) is 0 Å². The molecule has 2 aromatic heterocycles. The van der Waals surface area contributed by atoms with Crippen LogP contribution in [0.3, 0.4) is 0 Å². The van der Waals surface area contributed by atoms with Gasteiger partial charge >= 0.3 is 0 Å². The maximum Gasteiger partial charge on any atom is 0.253 e. The Morgan fingerprint density at radius 3 is 2.58 bits per heavy atom. The Kier molecular flexibility index (Phi) is 6.26. The molecule has 1 aliphatic carbocycles. The lowest BCUT2D eigenvalue weighted by Gasteiger charge is -2.35. The van der Waals surface area contributed by atoms with Crippen LogP contribution < -0.4 is 5.32 Å². The first-order valence-corrected chi connectivity index (χ1v) is 12.6. The van der Waals surface area contributed by atoms with E-state index in [0.717, 1.165) is 73.9 Å². The van der Waals surface area contributed by atoms with Crippen LogP contribution in [0.25, 0.3) is 11.2 Å². The number of rotatable bonds is 4. The van der Waals surface area contributed by atoms with Gasteiger partial charge in [-0.25, -0.2) is 9.97 Å². The Morgan fingerprint density at radius 2 is 1.77 bits per heavy atom. The van der Waals surface area contributed by atoms with E-state index in [2.05, 4.69) is 14.8 Å². The molecule has 2 aromatic rings. The summed E-state index contributed by atoms with van der Waals surface area (Å²) >= 11 is 0. The van der Waals surface area contributed by atoms with E-state index in [0.29, 0.717) is 5.56 Å². The van der Waals surface area contributed by atoms with Gasteiger partial charge in [0.05, 0.1) is 5.56 Å². The number of hydrogen-bond acceptors (Lipinski definition) is 4. The van der Waals surface area contributed by atoms with Crippen LogP contribution in [-0.2, 0) is 13.0 Å². The molecule has 0 atom stereocenters. The van der Waals surface area contributed by atoms with Gasteiger partial charge in [0.25, 0.3) is 5.91 Å². The highest BCUT2D eigenvalue weighted by Gasteiger charge is 2.26. The predicted molar refractivity (Wildman–Crippen MR) is 123 cm³/mol. The van der Waals surface area contributed by atoms with Crippen LogP contribution in [0.1, 0.15) is 86.1 Å². The molecule has 6 nitrogen and oxygen atoms in total. The molecule has 2 fully saturated rings. The lowest BCUT2D eigenvalue weighted by molar-refractivity contribution is 0.0903. The summed E-state index contributed by atoms with van der Waals surface area (Å²) in [5.41, 5.74) is 3.28. The van der Waals surface area contributed by atoms with Crippen LogP contribution in [0.4, 0.5) is 0 Å². The molecule has 1 amide bonds. The second kappa shape index (κ2) is 9.27. The molecule has 168 valence electrons. The van der Waals surface area contributed by atoms with Crippen molar-refractivity contribution in [1.29, 1.82) is 0 Å². The average Bonchev–Trinajstić information content (AvgIpc) is 2.96. The first-order chi connectivity index (χ1) is 15.2. The number of nitrogens with one attached hydrogen (secondary N) is 1. The summed E-state index contributed by atoms with van der Waals surface area (Å²) in [6, 6.07) is 2.18. The second-order valence-electron chi connectivity index (χ2n) is 10.0. The minimum atomic E-state index is 0.0227. The quantitative estimate of drug-likeness (QED) is 0.799. The number of nitrogens with zero attached hydrogens (tertiary/aromatic N) is 4. The Hall–Kier alpha value is -1.95. The Bertz CT molecular complexity index is 922. The molecule has 1 saturated carbocycles. The molecule has 5 rings (SSSR count). The van der Waals surface area contributed by atoms with E-state index >= 15 is 0 Å². The average molecular weight is 424 g/mol. The van der Waals surface area contributed by atoms with Crippen molar-refractivity contribution in [2.45, 2.75) is 90.1 Å². The number of likely N-dealkylation sites (tertiary alicyclic amines) is 1. The van der Waals surface area contributed by atoms with Crippen molar-refractivity contribution in [3.63, 3.8) is 0 Å². The fraction of sp³-hybridized carbons (Fsp3) is 0.720. The maximum atomic E-state index is 13.3. The standard InChI is InChI=1S/C25H37N5O/c1-18-16-21(23-24(26-18)30-13-7-3-6-10-22(30)28-23)25(31)27-20-11-14-29(15-12-20)17-19-8-4-2-5-9-19/h16,19-20H,2-15,17H2,1H3,(H,27,31). The molecular weight excluding hydrogens is 386 g/mol. The molecule has 31 heavy (non-hydrogen) atoms. The zero-order chi connectivity index (χ0) is 21.2. The van der Waals surface area contributed by atoms with Crippen molar-refractivity contribution >= 4 is 17.1 Å². The summed E-state index contributed by atoms with van der Waals surface area (Å²) in [6.07, 6.45) is 13.7. The highest BCUT2D eigenvalue weighted by molar-refractivity contribution is 6.04. The van der Waals surface area contributed by atoms with Crippen LogP contribution in [-0.4, -0.2) is 51.0 Å². The van der Waals surface area contributed by atoms with Crippen molar-refractivity contribution in [2.75, 3.05) is 19.6 Å². The second-order valence-corrected chi connectivity index (χ2v) is 10.0. The van der Waals surface area contributed by atoms with Gasteiger partial charge in [-0.1, -0.05) is 25.7 Å². The van der Waals surface area contributed by atoms with Crippen LogP contribution in [0.5, 0.6) is 0 Å². The molecule has 0 spiro atoms. The predicted octanol–water partition coefficient (Wildman–Crippen LogP) is 4.24. The largest absolute Gasteiger partial charge is 0.349 e. The Balaban J connectivity index is 1.25. The van der Waals surface area contributed by atoms with Gasteiger partial charge in [-0.2, -0.15) is 0 Å². The fourth-order valence-electron chi connectivity index (χ4n) is 5.85. The molecule has 3 aliphatic rings. The zero-order valence-electron chi connectivity index (χ0n) is 19.0. The van der Waals surface area contributed by atoms with Gasteiger partial charge in [0.1, 0.15) is 11.3 Å². The number of piperidine rings is 1. The minimum Gasteiger partial charge on any atom is -0.349 e. The number of carbonyl (C=O) groups is 1. The van der Waals surface area contributed by atoms with Crippen LogP contribution >= 0.6 is 0 Å². The summed E-state index contributed by atoms with van der Waals surface area (Å²) in [5, 5.41) is 3.33. The molecule has 4 heterocycles. The molecule has 0 bridgehead atoms. The van der Waals surface area contributed by atoms with Crippen molar-refractivity contribution < 1.29 is 4.79 Å². The third-order valence-corrected chi connectivity index (χ3v) is 7.60. The van der Waals surface area contributed by atoms with Gasteiger partial charge in [0.15, 0.2) is 5.65 Å². The zero-order valence-corrected chi connectivity index (χ0v) is 19.0. The maximum absolute atomic E-state index is 13.3. The monoisotopic (exact) mass is 423 g/mol. The van der Waals surface area contributed by atoms with E-state index in [1.807, 2.05) is 13.0 Å². The molecule has 1 saturated heterocycles. The van der Waals surface area contributed by atoms with E-state index in [4.69, 9.17) is 9.97 Å². The lowest BCUT2D eigenvalue weighted by Crippen LogP contribution is -2.46. The summed E-state index contributed by atoms with van der Waals surface area (Å²) in [5.74, 6) is 2.01. The molecule has 0 unspecified atom stereocenters.